The fourth-order valence-electron chi connectivity index (χ4n) is 2.81. The van der Waals surface area contributed by atoms with Crippen molar-refractivity contribution >= 4 is 17.8 Å². The van der Waals surface area contributed by atoms with Crippen molar-refractivity contribution in [2.24, 2.45) is 5.73 Å². The Kier molecular flexibility index (Phi) is 9.31. The fourth-order valence-corrected chi connectivity index (χ4v) is 2.81. The molecule has 32 heavy (non-hydrogen) atoms. The van der Waals surface area contributed by atoms with Crippen LogP contribution in [0.15, 0.2) is 24.3 Å². The molecule has 0 aliphatic carbocycles. The number of nitrogens with two attached hydrogens (primary N) is 1. The average Bonchev–Trinajstić information content (AvgIpc) is 2.77. The zero-order chi connectivity index (χ0) is 23.8. The molecule has 13 nitrogen and oxygen atoms in total. The first-order chi connectivity index (χ1) is 15.1. The highest BCUT2D eigenvalue weighted by Crippen LogP contribution is 2.20. The first-order valence-corrected chi connectivity index (χ1v) is 9.69. The van der Waals surface area contributed by atoms with E-state index in [1.807, 2.05) is 0 Å². The molecule has 0 spiro atoms. The predicted molar refractivity (Wildman–Crippen MR) is 106 cm³/mol. The maximum absolute atomic E-state index is 12.0. The summed E-state index contributed by atoms with van der Waals surface area (Å²) < 4.78 is 9.66. The Hall–Kier alpha value is -2.81. The number of rotatable bonds is 9. The number of esters is 1. The summed E-state index contributed by atoms with van der Waals surface area (Å²) in [6, 6.07) is 5.22. The zero-order valence-electron chi connectivity index (χ0n) is 17.0. The molecule has 2 rings (SSSR count). The molecule has 1 aliphatic heterocycles. The van der Waals surface area contributed by atoms with Crippen LogP contribution < -0.4 is 16.4 Å². The van der Waals surface area contributed by atoms with E-state index >= 15 is 0 Å². The minimum atomic E-state index is -1.76. The van der Waals surface area contributed by atoms with E-state index in [1.165, 1.54) is 12.1 Å². The average molecular weight is 457 g/mol. The summed E-state index contributed by atoms with van der Waals surface area (Å²) in [6.07, 6.45) is -7.85. The van der Waals surface area contributed by atoms with Crippen molar-refractivity contribution in [1.82, 2.24) is 10.6 Å². The zero-order valence-corrected chi connectivity index (χ0v) is 17.0. The maximum atomic E-state index is 12.0. The maximum Gasteiger partial charge on any atom is 0.325 e. The molecule has 0 aromatic heterocycles. The Morgan fingerprint density at radius 3 is 2.31 bits per heavy atom. The third-order valence-corrected chi connectivity index (χ3v) is 4.68. The van der Waals surface area contributed by atoms with E-state index < -0.39 is 74.2 Å². The Labute approximate surface area is 182 Å². The number of amides is 2. The Morgan fingerprint density at radius 1 is 1.00 bits per heavy atom. The number of aliphatic hydroxyl groups is 4. The highest BCUT2D eigenvalue weighted by molar-refractivity contribution is 5.88. The van der Waals surface area contributed by atoms with Gasteiger partial charge in [0.25, 0.3) is 0 Å². The fraction of sp³-hybridized carbons (Fsp3) is 0.526. The van der Waals surface area contributed by atoms with Gasteiger partial charge in [-0.1, -0.05) is 12.1 Å². The van der Waals surface area contributed by atoms with Gasteiger partial charge in [-0.2, -0.15) is 0 Å². The van der Waals surface area contributed by atoms with Gasteiger partial charge < -0.3 is 51.4 Å². The quantitative estimate of drug-likeness (QED) is 0.166. The van der Waals surface area contributed by atoms with E-state index in [0.29, 0.717) is 0 Å². The molecule has 9 N–H and O–H groups in total. The molecule has 0 radical (unpaired) electrons. The SMILES string of the molecule is NC(Cc1ccc(O)cc1)C(=O)NCC(=O)NCC(=O)OC[C@H]1OC(O)[C@H](O)[C@@H](O)[C@@H]1O. The highest BCUT2D eigenvalue weighted by atomic mass is 16.6. The third kappa shape index (κ3) is 7.40. The van der Waals surface area contributed by atoms with Crippen molar-refractivity contribution in [3.05, 3.63) is 29.8 Å². The van der Waals surface area contributed by atoms with Crippen LogP contribution >= 0.6 is 0 Å². The lowest BCUT2D eigenvalue weighted by Crippen LogP contribution is -2.58. The van der Waals surface area contributed by atoms with Crippen LogP contribution in [0.4, 0.5) is 0 Å². The summed E-state index contributed by atoms with van der Waals surface area (Å²) in [6.45, 7) is -1.53. The van der Waals surface area contributed by atoms with Crippen LogP contribution in [0.25, 0.3) is 0 Å². The number of aliphatic hydroxyl groups excluding tert-OH is 4. The van der Waals surface area contributed by atoms with Gasteiger partial charge in [0.1, 0.15) is 43.3 Å². The summed E-state index contributed by atoms with van der Waals surface area (Å²) in [4.78, 5) is 35.5. The van der Waals surface area contributed by atoms with Gasteiger partial charge in [0.2, 0.25) is 11.8 Å². The van der Waals surface area contributed by atoms with Gasteiger partial charge in [0, 0.05) is 0 Å². The Morgan fingerprint density at radius 2 is 1.66 bits per heavy atom. The highest BCUT2D eigenvalue weighted by Gasteiger charge is 2.43. The van der Waals surface area contributed by atoms with Crippen LogP contribution in [-0.4, -0.2) is 99.8 Å². The van der Waals surface area contributed by atoms with Crippen molar-refractivity contribution < 1.29 is 49.4 Å². The van der Waals surface area contributed by atoms with Gasteiger partial charge in [-0.05, 0) is 24.1 Å². The van der Waals surface area contributed by atoms with Crippen LogP contribution in [0.5, 0.6) is 5.75 Å². The number of carbonyl (C=O) groups excluding carboxylic acids is 3. The molecule has 1 saturated heterocycles. The number of phenolic OH excluding ortho intramolecular Hbond substituents is 1. The number of carbonyl (C=O) groups is 3. The summed E-state index contributed by atoms with van der Waals surface area (Å²) in [5.41, 5.74) is 6.50. The van der Waals surface area contributed by atoms with Crippen LogP contribution in [0.1, 0.15) is 5.56 Å². The van der Waals surface area contributed by atoms with Crippen LogP contribution in [0, 0.1) is 0 Å². The summed E-state index contributed by atoms with van der Waals surface area (Å²) in [5.74, 6) is -2.09. The van der Waals surface area contributed by atoms with Gasteiger partial charge in [-0.25, -0.2) is 0 Å². The van der Waals surface area contributed by atoms with Gasteiger partial charge >= 0.3 is 5.97 Å². The van der Waals surface area contributed by atoms with Gasteiger partial charge in [0.05, 0.1) is 12.6 Å². The molecular weight excluding hydrogens is 430 g/mol. The molecule has 1 aromatic rings. The standard InChI is InChI=1S/C19H27N3O10/c20-11(5-9-1-3-10(23)4-2-9)18(29)22-6-13(24)21-7-14(25)31-8-12-15(26)16(27)17(28)19(30)32-12/h1-4,11-12,15-17,19,23,26-28,30H,5-8,20H2,(H,21,24)(H,22,29)/t11?,12-,15-,16+,17-,19?/m1/s1. The van der Waals surface area contributed by atoms with E-state index in [0.717, 1.165) is 5.56 Å². The summed E-state index contributed by atoms with van der Waals surface area (Å²) in [5, 5.41) is 51.9. The largest absolute Gasteiger partial charge is 0.508 e. The third-order valence-electron chi connectivity index (χ3n) is 4.68. The molecule has 1 fully saturated rings. The lowest BCUT2D eigenvalue weighted by Gasteiger charge is -2.37. The van der Waals surface area contributed by atoms with E-state index in [1.54, 1.807) is 12.1 Å². The minimum Gasteiger partial charge on any atom is -0.508 e. The number of hydrogen-bond acceptors (Lipinski definition) is 11. The second kappa shape index (κ2) is 11.7. The normalized spacial score (nSPS) is 26.1. The first-order valence-electron chi connectivity index (χ1n) is 9.69. The number of benzene rings is 1. The second-order valence-electron chi connectivity index (χ2n) is 7.19. The summed E-state index contributed by atoms with van der Waals surface area (Å²) >= 11 is 0. The molecule has 2 amide bonds. The molecule has 13 heteroatoms. The minimum absolute atomic E-state index is 0.0818. The smallest absolute Gasteiger partial charge is 0.325 e. The number of aromatic hydroxyl groups is 1. The van der Waals surface area contributed by atoms with E-state index in [-0.39, 0.29) is 12.2 Å². The van der Waals surface area contributed by atoms with Crippen LogP contribution in [0.2, 0.25) is 0 Å². The second-order valence-corrected chi connectivity index (χ2v) is 7.19. The number of phenols is 1. The Bertz CT molecular complexity index is 790. The molecule has 2 unspecified atom stereocenters. The van der Waals surface area contributed by atoms with Crippen LogP contribution in [-0.2, 0) is 30.3 Å². The van der Waals surface area contributed by atoms with Crippen LogP contribution in [0.3, 0.4) is 0 Å². The summed E-state index contributed by atoms with van der Waals surface area (Å²) in [7, 11) is 0. The molecule has 178 valence electrons. The monoisotopic (exact) mass is 457 g/mol. The molecular formula is C19H27N3O10. The molecule has 0 bridgehead atoms. The van der Waals surface area contributed by atoms with Crippen molar-refractivity contribution in [3.63, 3.8) is 0 Å². The topological polar surface area (TPSA) is 221 Å². The van der Waals surface area contributed by atoms with E-state index in [2.05, 4.69) is 10.6 Å². The number of ether oxygens (including phenoxy) is 2. The van der Waals surface area contributed by atoms with E-state index in [4.69, 9.17) is 15.2 Å². The molecule has 1 aliphatic rings. The van der Waals surface area contributed by atoms with Crippen molar-refractivity contribution in [3.8, 4) is 5.75 Å². The van der Waals surface area contributed by atoms with Crippen molar-refractivity contribution in [2.75, 3.05) is 19.7 Å². The lowest BCUT2D eigenvalue weighted by atomic mass is 9.99. The molecule has 1 heterocycles. The van der Waals surface area contributed by atoms with Gasteiger partial charge in [-0.15, -0.1) is 0 Å². The van der Waals surface area contributed by atoms with Gasteiger partial charge in [-0.3, -0.25) is 14.4 Å². The van der Waals surface area contributed by atoms with E-state index in [9.17, 15) is 39.9 Å². The number of hydrogen-bond donors (Lipinski definition) is 8. The van der Waals surface area contributed by atoms with Gasteiger partial charge in [0.15, 0.2) is 6.29 Å². The van der Waals surface area contributed by atoms with Crippen molar-refractivity contribution in [2.45, 2.75) is 43.2 Å². The lowest BCUT2D eigenvalue weighted by molar-refractivity contribution is -0.287. The first kappa shape index (κ1) is 25.5. The number of nitrogens with one attached hydrogen (secondary N) is 2. The predicted octanol–water partition coefficient (Wildman–Crippen LogP) is -4.16. The molecule has 6 atom stereocenters. The van der Waals surface area contributed by atoms with Crippen molar-refractivity contribution in [1.29, 1.82) is 0 Å². The molecule has 0 saturated carbocycles. The Balaban J connectivity index is 1.65. The molecule has 1 aromatic carbocycles.